The number of hydrogen-bond acceptors (Lipinski definition) is 5. The number of carbonyl (C=O) groups is 2. The van der Waals surface area contributed by atoms with Gasteiger partial charge in [0.25, 0.3) is 0 Å². The van der Waals surface area contributed by atoms with E-state index < -0.39 is 5.97 Å². The van der Waals surface area contributed by atoms with Crippen molar-refractivity contribution in [3.63, 3.8) is 0 Å². The predicted octanol–water partition coefficient (Wildman–Crippen LogP) is 2.55. The largest absolute Gasteiger partial charge is 0.497 e. The van der Waals surface area contributed by atoms with E-state index in [0.717, 1.165) is 13.1 Å². The fourth-order valence-electron chi connectivity index (χ4n) is 3.71. The zero-order valence-corrected chi connectivity index (χ0v) is 17.8. The van der Waals surface area contributed by atoms with Gasteiger partial charge in [0.15, 0.2) is 0 Å². The van der Waals surface area contributed by atoms with E-state index in [1.807, 2.05) is 4.90 Å². The van der Waals surface area contributed by atoms with Crippen LogP contribution in [0.3, 0.4) is 0 Å². The van der Waals surface area contributed by atoms with Crippen molar-refractivity contribution in [1.82, 2.24) is 4.90 Å². The molecule has 0 aromatic heterocycles. The Hall–Kier alpha value is -3.22. The van der Waals surface area contributed by atoms with Crippen LogP contribution >= 0.6 is 0 Å². The Balaban J connectivity index is 1.63. The summed E-state index contributed by atoms with van der Waals surface area (Å²) in [5.41, 5.74) is 4.35. The van der Waals surface area contributed by atoms with Crippen LogP contribution in [0.4, 0.5) is 11.4 Å². The van der Waals surface area contributed by atoms with Gasteiger partial charge < -0.3 is 24.5 Å². The molecule has 7 heteroatoms. The van der Waals surface area contributed by atoms with Crippen molar-refractivity contribution in [3.05, 3.63) is 53.6 Å². The number of ether oxygens (including phenoxy) is 1. The van der Waals surface area contributed by atoms with E-state index in [-0.39, 0.29) is 19.0 Å². The number of nitrogens with zero attached hydrogens (tertiary/aromatic N) is 3. The number of aryl methyl sites for hydroxylation is 2. The molecule has 0 saturated carbocycles. The number of carboxylic acid groups (broad SMARTS) is 1. The van der Waals surface area contributed by atoms with Crippen LogP contribution in [0.1, 0.15) is 11.1 Å². The van der Waals surface area contributed by atoms with Crippen LogP contribution in [0.15, 0.2) is 42.5 Å². The lowest BCUT2D eigenvalue weighted by Crippen LogP contribution is -2.52. The van der Waals surface area contributed by atoms with E-state index in [1.54, 1.807) is 36.3 Å². The second kappa shape index (κ2) is 9.52. The van der Waals surface area contributed by atoms with Crippen LogP contribution in [0.2, 0.25) is 0 Å². The third-order valence-corrected chi connectivity index (χ3v) is 5.43. The van der Waals surface area contributed by atoms with Gasteiger partial charge in [0.05, 0.1) is 13.7 Å². The highest BCUT2D eigenvalue weighted by Gasteiger charge is 2.24. The molecule has 0 atom stereocenters. The highest BCUT2D eigenvalue weighted by atomic mass is 16.5. The standard InChI is InChI=1S/C23H29N3O4/c1-17-4-5-18(2)21(14-17)24-10-12-25(13-11-24)22(27)15-26(16-23(28)29)19-6-8-20(30-3)9-7-19/h4-9,14H,10-13,15-16H2,1-3H3,(H,28,29). The fourth-order valence-corrected chi connectivity index (χ4v) is 3.71. The lowest BCUT2D eigenvalue weighted by Gasteiger charge is -2.38. The van der Waals surface area contributed by atoms with Crippen molar-refractivity contribution in [3.8, 4) is 5.75 Å². The summed E-state index contributed by atoms with van der Waals surface area (Å²) in [4.78, 5) is 29.9. The molecule has 1 aliphatic rings. The molecule has 3 rings (SSSR count). The van der Waals surface area contributed by atoms with Gasteiger partial charge in [-0.05, 0) is 55.3 Å². The van der Waals surface area contributed by atoms with E-state index in [4.69, 9.17) is 4.74 Å². The van der Waals surface area contributed by atoms with Crippen LogP contribution in [-0.2, 0) is 9.59 Å². The molecule has 0 bridgehead atoms. The van der Waals surface area contributed by atoms with Gasteiger partial charge in [0, 0.05) is 37.6 Å². The minimum atomic E-state index is -0.974. The molecule has 160 valence electrons. The lowest BCUT2D eigenvalue weighted by molar-refractivity contribution is -0.135. The highest BCUT2D eigenvalue weighted by Crippen LogP contribution is 2.23. The third kappa shape index (κ3) is 5.23. The van der Waals surface area contributed by atoms with E-state index in [1.165, 1.54) is 16.8 Å². The topological polar surface area (TPSA) is 73.3 Å². The Morgan fingerprint density at radius 1 is 1.00 bits per heavy atom. The molecule has 0 aliphatic carbocycles. The van der Waals surface area contributed by atoms with Gasteiger partial charge in [-0.2, -0.15) is 0 Å². The molecule has 1 saturated heterocycles. The van der Waals surface area contributed by atoms with Gasteiger partial charge in [0.1, 0.15) is 12.3 Å². The zero-order valence-electron chi connectivity index (χ0n) is 17.8. The van der Waals surface area contributed by atoms with Crippen molar-refractivity contribution in [1.29, 1.82) is 0 Å². The van der Waals surface area contributed by atoms with Crippen molar-refractivity contribution < 1.29 is 19.4 Å². The highest BCUT2D eigenvalue weighted by molar-refractivity contribution is 5.84. The van der Waals surface area contributed by atoms with E-state index in [0.29, 0.717) is 24.5 Å². The molecule has 1 heterocycles. The fraction of sp³-hybridized carbons (Fsp3) is 0.391. The average Bonchev–Trinajstić information content (AvgIpc) is 2.75. The Kier molecular flexibility index (Phi) is 6.82. The van der Waals surface area contributed by atoms with Gasteiger partial charge in [-0.25, -0.2) is 0 Å². The first-order valence-corrected chi connectivity index (χ1v) is 10.1. The maximum Gasteiger partial charge on any atom is 0.323 e. The summed E-state index contributed by atoms with van der Waals surface area (Å²) in [6.07, 6.45) is 0. The number of hydrogen-bond donors (Lipinski definition) is 1. The Bertz CT molecular complexity index is 890. The number of piperazine rings is 1. The van der Waals surface area contributed by atoms with Crippen LogP contribution in [-0.4, -0.2) is 68.3 Å². The molecule has 30 heavy (non-hydrogen) atoms. The summed E-state index contributed by atoms with van der Waals surface area (Å²) >= 11 is 0. The van der Waals surface area contributed by atoms with Gasteiger partial charge in [0.2, 0.25) is 5.91 Å². The molecule has 1 N–H and O–H groups in total. The molecule has 0 radical (unpaired) electrons. The summed E-state index contributed by atoms with van der Waals surface area (Å²) < 4.78 is 5.15. The number of amides is 1. The SMILES string of the molecule is COc1ccc(N(CC(=O)O)CC(=O)N2CCN(c3cc(C)ccc3C)CC2)cc1. The van der Waals surface area contributed by atoms with Gasteiger partial charge in [-0.1, -0.05) is 12.1 Å². The maximum atomic E-state index is 12.9. The quantitative estimate of drug-likeness (QED) is 0.755. The van der Waals surface area contributed by atoms with Crippen molar-refractivity contribution in [2.45, 2.75) is 13.8 Å². The third-order valence-electron chi connectivity index (χ3n) is 5.43. The second-order valence-corrected chi connectivity index (χ2v) is 7.61. The first-order chi connectivity index (χ1) is 14.4. The van der Waals surface area contributed by atoms with Crippen molar-refractivity contribution in [2.24, 2.45) is 0 Å². The number of rotatable bonds is 7. The average molecular weight is 412 g/mol. The number of methoxy groups -OCH3 is 1. The molecule has 1 fully saturated rings. The Morgan fingerprint density at radius 3 is 2.27 bits per heavy atom. The summed E-state index contributed by atoms with van der Waals surface area (Å²) in [6, 6.07) is 13.5. The molecule has 2 aromatic rings. The van der Waals surface area contributed by atoms with Crippen LogP contribution in [0.5, 0.6) is 5.75 Å². The van der Waals surface area contributed by atoms with Crippen molar-refractivity contribution in [2.75, 3.05) is 56.2 Å². The molecular formula is C23H29N3O4. The Morgan fingerprint density at radius 2 is 1.67 bits per heavy atom. The molecule has 0 spiro atoms. The van der Waals surface area contributed by atoms with Crippen LogP contribution in [0.25, 0.3) is 0 Å². The molecule has 0 unspecified atom stereocenters. The van der Waals surface area contributed by atoms with Gasteiger partial charge in [-0.15, -0.1) is 0 Å². The lowest BCUT2D eigenvalue weighted by atomic mass is 10.1. The minimum absolute atomic E-state index is 0.0299. The second-order valence-electron chi connectivity index (χ2n) is 7.61. The number of anilines is 2. The van der Waals surface area contributed by atoms with Gasteiger partial charge >= 0.3 is 5.97 Å². The first kappa shape index (κ1) is 21.5. The monoisotopic (exact) mass is 411 g/mol. The number of benzene rings is 2. The van der Waals surface area contributed by atoms with E-state index >= 15 is 0 Å². The molecule has 2 aromatic carbocycles. The maximum absolute atomic E-state index is 12.9. The van der Waals surface area contributed by atoms with Crippen LogP contribution in [0, 0.1) is 13.8 Å². The number of carboxylic acids is 1. The summed E-state index contributed by atoms with van der Waals surface area (Å²) in [6.45, 7) is 6.74. The summed E-state index contributed by atoms with van der Waals surface area (Å²) in [5.74, 6) is -0.353. The summed E-state index contributed by atoms with van der Waals surface area (Å²) in [7, 11) is 1.57. The smallest absolute Gasteiger partial charge is 0.323 e. The Labute approximate surface area is 177 Å². The van der Waals surface area contributed by atoms with E-state index in [9.17, 15) is 14.7 Å². The minimum Gasteiger partial charge on any atom is -0.497 e. The first-order valence-electron chi connectivity index (χ1n) is 10.1. The van der Waals surface area contributed by atoms with E-state index in [2.05, 4.69) is 36.9 Å². The molecular weight excluding hydrogens is 382 g/mol. The number of carbonyl (C=O) groups excluding carboxylic acids is 1. The molecule has 1 amide bonds. The van der Waals surface area contributed by atoms with Crippen LogP contribution < -0.4 is 14.5 Å². The molecule has 7 nitrogen and oxygen atoms in total. The number of aliphatic carboxylic acids is 1. The normalized spacial score (nSPS) is 13.8. The van der Waals surface area contributed by atoms with Crippen molar-refractivity contribution >= 4 is 23.3 Å². The summed E-state index contributed by atoms with van der Waals surface area (Å²) in [5, 5.41) is 9.28. The zero-order chi connectivity index (χ0) is 21.7. The predicted molar refractivity (Wildman–Crippen MR) is 118 cm³/mol. The van der Waals surface area contributed by atoms with Gasteiger partial charge in [-0.3, -0.25) is 9.59 Å². The molecule has 1 aliphatic heterocycles.